The molecule has 0 aliphatic heterocycles. The number of benzene rings is 2. The van der Waals surface area contributed by atoms with Crippen molar-refractivity contribution in [2.75, 3.05) is 5.73 Å². The van der Waals surface area contributed by atoms with E-state index in [1.807, 2.05) is 62.4 Å². The summed E-state index contributed by atoms with van der Waals surface area (Å²) in [6.45, 7) is 4.00. The van der Waals surface area contributed by atoms with Gasteiger partial charge in [-0.2, -0.15) is 0 Å². The molecule has 0 spiro atoms. The number of nitrogen functional groups attached to an aromatic ring is 1. The summed E-state index contributed by atoms with van der Waals surface area (Å²) in [6.07, 6.45) is 0.175. The Kier molecular flexibility index (Phi) is 3.72. The van der Waals surface area contributed by atoms with Crippen molar-refractivity contribution >= 4 is 5.69 Å². The van der Waals surface area contributed by atoms with Crippen molar-refractivity contribution < 1.29 is 9.47 Å². The number of rotatable bonds is 4. The molecule has 2 aromatic rings. The fraction of sp³-hybridized carbons (Fsp3) is 0.200. The molecular formula is C15H17NO2. The Morgan fingerprint density at radius 1 is 0.778 bits per heavy atom. The minimum atomic E-state index is 0.175. The zero-order chi connectivity index (χ0) is 13.0. The molecule has 94 valence electrons. The Labute approximate surface area is 107 Å². The summed E-state index contributed by atoms with van der Waals surface area (Å²) in [6, 6.07) is 14.9. The lowest BCUT2D eigenvalue weighted by Crippen LogP contribution is -2.05. The molecule has 0 fully saturated rings. The van der Waals surface area contributed by atoms with Crippen LogP contribution in [0.5, 0.6) is 17.2 Å². The van der Waals surface area contributed by atoms with E-state index < -0.39 is 0 Å². The molecule has 0 saturated carbocycles. The van der Waals surface area contributed by atoms with Crippen LogP contribution in [0.25, 0.3) is 0 Å². The Bertz CT molecular complexity index is 489. The standard InChI is InChI=1S/C15H17NO2/c1-11(2)17-13-7-9-15(10-8-13)18-14-5-3-12(16)4-6-14/h3-11H,16H2,1-2H3. The van der Waals surface area contributed by atoms with Gasteiger partial charge in [-0.3, -0.25) is 0 Å². The van der Waals surface area contributed by atoms with Gasteiger partial charge >= 0.3 is 0 Å². The zero-order valence-electron chi connectivity index (χ0n) is 10.6. The number of anilines is 1. The third-order valence-corrected chi connectivity index (χ3v) is 2.31. The predicted molar refractivity (Wildman–Crippen MR) is 73.1 cm³/mol. The van der Waals surface area contributed by atoms with Crippen molar-refractivity contribution in [2.45, 2.75) is 20.0 Å². The van der Waals surface area contributed by atoms with Crippen LogP contribution in [-0.2, 0) is 0 Å². The molecule has 0 radical (unpaired) electrons. The molecule has 0 aliphatic rings. The topological polar surface area (TPSA) is 44.5 Å². The van der Waals surface area contributed by atoms with E-state index in [9.17, 15) is 0 Å². The molecule has 0 bridgehead atoms. The van der Waals surface area contributed by atoms with Crippen LogP contribution in [0.2, 0.25) is 0 Å². The minimum absolute atomic E-state index is 0.175. The first-order valence-electron chi connectivity index (χ1n) is 5.93. The first-order valence-corrected chi connectivity index (χ1v) is 5.93. The molecule has 2 rings (SSSR count). The van der Waals surface area contributed by atoms with Crippen molar-refractivity contribution in [3.63, 3.8) is 0 Å². The average Bonchev–Trinajstić information content (AvgIpc) is 2.34. The van der Waals surface area contributed by atoms with Crippen LogP contribution in [0.4, 0.5) is 5.69 Å². The van der Waals surface area contributed by atoms with E-state index >= 15 is 0 Å². The summed E-state index contributed by atoms with van der Waals surface area (Å²) in [5, 5.41) is 0. The highest BCUT2D eigenvalue weighted by molar-refractivity contribution is 5.43. The van der Waals surface area contributed by atoms with E-state index in [0.717, 1.165) is 22.9 Å². The van der Waals surface area contributed by atoms with E-state index in [2.05, 4.69) is 0 Å². The summed E-state index contributed by atoms with van der Waals surface area (Å²) < 4.78 is 11.2. The Balaban J connectivity index is 2.04. The van der Waals surface area contributed by atoms with Crippen molar-refractivity contribution in [2.24, 2.45) is 0 Å². The molecule has 3 heteroatoms. The highest BCUT2D eigenvalue weighted by Gasteiger charge is 2.00. The van der Waals surface area contributed by atoms with Crippen molar-refractivity contribution in [1.29, 1.82) is 0 Å². The third-order valence-electron chi connectivity index (χ3n) is 2.31. The van der Waals surface area contributed by atoms with Gasteiger partial charge in [0.1, 0.15) is 17.2 Å². The number of ether oxygens (including phenoxy) is 2. The summed E-state index contributed by atoms with van der Waals surface area (Å²) in [5.74, 6) is 2.38. The van der Waals surface area contributed by atoms with Crippen LogP contribution in [0.15, 0.2) is 48.5 Å². The van der Waals surface area contributed by atoms with Gasteiger partial charge in [0.05, 0.1) is 6.10 Å². The molecule has 0 heterocycles. The Morgan fingerprint density at radius 3 is 1.72 bits per heavy atom. The fourth-order valence-corrected chi connectivity index (χ4v) is 1.53. The first-order chi connectivity index (χ1) is 8.63. The average molecular weight is 243 g/mol. The second-order valence-corrected chi connectivity index (χ2v) is 4.31. The molecule has 18 heavy (non-hydrogen) atoms. The largest absolute Gasteiger partial charge is 0.491 e. The van der Waals surface area contributed by atoms with Crippen molar-refractivity contribution in [1.82, 2.24) is 0 Å². The molecular weight excluding hydrogens is 226 g/mol. The maximum Gasteiger partial charge on any atom is 0.127 e. The summed E-state index contributed by atoms with van der Waals surface area (Å²) in [4.78, 5) is 0. The first kappa shape index (κ1) is 12.3. The van der Waals surface area contributed by atoms with E-state index in [0.29, 0.717) is 0 Å². The van der Waals surface area contributed by atoms with Gasteiger partial charge in [-0.1, -0.05) is 0 Å². The van der Waals surface area contributed by atoms with Crippen LogP contribution < -0.4 is 15.2 Å². The molecule has 0 amide bonds. The van der Waals surface area contributed by atoms with E-state index in [1.54, 1.807) is 0 Å². The van der Waals surface area contributed by atoms with Gasteiger partial charge in [0.25, 0.3) is 0 Å². The SMILES string of the molecule is CC(C)Oc1ccc(Oc2ccc(N)cc2)cc1. The van der Waals surface area contributed by atoms with Gasteiger partial charge in [-0.15, -0.1) is 0 Å². The molecule has 3 nitrogen and oxygen atoms in total. The highest BCUT2D eigenvalue weighted by atomic mass is 16.5. The van der Waals surface area contributed by atoms with Crippen LogP contribution >= 0.6 is 0 Å². The second-order valence-electron chi connectivity index (χ2n) is 4.31. The van der Waals surface area contributed by atoms with Gasteiger partial charge in [0.2, 0.25) is 0 Å². The molecule has 0 atom stereocenters. The van der Waals surface area contributed by atoms with Gasteiger partial charge in [0, 0.05) is 5.69 Å². The van der Waals surface area contributed by atoms with Crippen molar-refractivity contribution in [3.05, 3.63) is 48.5 Å². The molecule has 2 N–H and O–H groups in total. The van der Waals surface area contributed by atoms with Gasteiger partial charge in [-0.25, -0.2) is 0 Å². The number of hydrogen-bond donors (Lipinski definition) is 1. The highest BCUT2D eigenvalue weighted by Crippen LogP contribution is 2.24. The van der Waals surface area contributed by atoms with E-state index in [4.69, 9.17) is 15.2 Å². The van der Waals surface area contributed by atoms with Crippen LogP contribution in [0, 0.1) is 0 Å². The summed E-state index contributed by atoms with van der Waals surface area (Å²) in [5.41, 5.74) is 6.34. The molecule has 2 aromatic carbocycles. The Hall–Kier alpha value is -2.16. The summed E-state index contributed by atoms with van der Waals surface area (Å²) in [7, 11) is 0. The van der Waals surface area contributed by atoms with E-state index in [1.165, 1.54) is 0 Å². The fourth-order valence-electron chi connectivity index (χ4n) is 1.53. The quantitative estimate of drug-likeness (QED) is 0.829. The third kappa shape index (κ3) is 3.42. The van der Waals surface area contributed by atoms with Gasteiger partial charge in [-0.05, 0) is 62.4 Å². The van der Waals surface area contributed by atoms with Crippen LogP contribution in [-0.4, -0.2) is 6.10 Å². The molecule has 0 aliphatic carbocycles. The monoisotopic (exact) mass is 243 g/mol. The second kappa shape index (κ2) is 5.45. The molecule has 0 saturated heterocycles. The molecule has 0 unspecified atom stereocenters. The Morgan fingerprint density at radius 2 is 1.22 bits per heavy atom. The smallest absolute Gasteiger partial charge is 0.127 e. The lowest BCUT2D eigenvalue weighted by molar-refractivity contribution is 0.242. The minimum Gasteiger partial charge on any atom is -0.491 e. The van der Waals surface area contributed by atoms with Crippen molar-refractivity contribution in [3.8, 4) is 17.2 Å². The maximum atomic E-state index is 5.68. The van der Waals surface area contributed by atoms with Crippen LogP contribution in [0.1, 0.15) is 13.8 Å². The summed E-state index contributed by atoms with van der Waals surface area (Å²) >= 11 is 0. The lowest BCUT2D eigenvalue weighted by atomic mass is 10.3. The lowest BCUT2D eigenvalue weighted by Gasteiger charge is -2.10. The normalized spacial score (nSPS) is 10.4. The van der Waals surface area contributed by atoms with Crippen LogP contribution in [0.3, 0.4) is 0 Å². The molecule has 0 aromatic heterocycles. The van der Waals surface area contributed by atoms with Gasteiger partial charge in [0.15, 0.2) is 0 Å². The number of hydrogen-bond acceptors (Lipinski definition) is 3. The number of nitrogens with two attached hydrogens (primary N) is 1. The van der Waals surface area contributed by atoms with Gasteiger partial charge < -0.3 is 15.2 Å². The van der Waals surface area contributed by atoms with E-state index in [-0.39, 0.29) is 6.10 Å². The predicted octanol–water partition coefficient (Wildman–Crippen LogP) is 3.85. The maximum absolute atomic E-state index is 5.68. The zero-order valence-corrected chi connectivity index (χ0v) is 10.6.